The zero-order valence-corrected chi connectivity index (χ0v) is 9.53. The third-order valence-electron chi connectivity index (χ3n) is 2.49. The zero-order valence-electron chi connectivity index (χ0n) is 9.53. The maximum absolute atomic E-state index is 11.8. The standard InChI is InChI=1S/C12H18N2O/c1-9-5-4-6-11(7-9)14(3)12(15)10(2)8-13/h4-7,10H,8,13H2,1-3H3. The van der Waals surface area contributed by atoms with Gasteiger partial charge in [0, 0.05) is 25.2 Å². The van der Waals surface area contributed by atoms with Gasteiger partial charge in [-0.1, -0.05) is 19.1 Å². The number of hydrogen-bond acceptors (Lipinski definition) is 2. The molecule has 3 nitrogen and oxygen atoms in total. The first-order chi connectivity index (χ1) is 7.06. The van der Waals surface area contributed by atoms with E-state index in [1.807, 2.05) is 38.1 Å². The van der Waals surface area contributed by atoms with Gasteiger partial charge in [0.05, 0.1) is 0 Å². The topological polar surface area (TPSA) is 46.3 Å². The van der Waals surface area contributed by atoms with Crippen molar-refractivity contribution in [2.45, 2.75) is 13.8 Å². The van der Waals surface area contributed by atoms with Crippen LogP contribution in [-0.4, -0.2) is 19.5 Å². The summed E-state index contributed by atoms with van der Waals surface area (Å²) in [5, 5.41) is 0. The minimum atomic E-state index is -0.129. The van der Waals surface area contributed by atoms with Crippen LogP contribution in [0.3, 0.4) is 0 Å². The van der Waals surface area contributed by atoms with E-state index in [-0.39, 0.29) is 11.8 Å². The highest BCUT2D eigenvalue weighted by Gasteiger charge is 2.16. The van der Waals surface area contributed by atoms with Crippen LogP contribution in [-0.2, 0) is 4.79 Å². The molecular weight excluding hydrogens is 188 g/mol. The van der Waals surface area contributed by atoms with Crippen molar-refractivity contribution in [2.24, 2.45) is 11.7 Å². The molecule has 0 aliphatic heterocycles. The molecule has 1 rings (SSSR count). The lowest BCUT2D eigenvalue weighted by molar-refractivity contribution is -0.121. The number of carbonyl (C=O) groups excluding carboxylic acids is 1. The van der Waals surface area contributed by atoms with Crippen molar-refractivity contribution in [3.05, 3.63) is 29.8 Å². The first kappa shape index (κ1) is 11.7. The summed E-state index contributed by atoms with van der Waals surface area (Å²) >= 11 is 0. The molecule has 0 aliphatic rings. The predicted octanol–water partition coefficient (Wildman–Crippen LogP) is 1.55. The van der Waals surface area contributed by atoms with Gasteiger partial charge in [0.1, 0.15) is 0 Å². The number of benzene rings is 1. The van der Waals surface area contributed by atoms with Crippen molar-refractivity contribution < 1.29 is 4.79 Å². The molecule has 82 valence electrons. The van der Waals surface area contributed by atoms with Crippen LogP contribution >= 0.6 is 0 Å². The summed E-state index contributed by atoms with van der Waals surface area (Å²) in [7, 11) is 1.78. The van der Waals surface area contributed by atoms with Crippen LogP contribution in [0.15, 0.2) is 24.3 Å². The van der Waals surface area contributed by atoms with Gasteiger partial charge in [-0.15, -0.1) is 0 Å². The van der Waals surface area contributed by atoms with Crippen molar-refractivity contribution in [1.82, 2.24) is 0 Å². The zero-order chi connectivity index (χ0) is 11.4. The van der Waals surface area contributed by atoms with Crippen molar-refractivity contribution in [3.63, 3.8) is 0 Å². The Morgan fingerprint density at radius 1 is 1.53 bits per heavy atom. The maximum atomic E-state index is 11.8. The smallest absolute Gasteiger partial charge is 0.230 e. The van der Waals surface area contributed by atoms with Gasteiger partial charge in [0.25, 0.3) is 0 Å². The highest BCUT2D eigenvalue weighted by atomic mass is 16.2. The Bertz CT molecular complexity index is 349. The maximum Gasteiger partial charge on any atom is 0.230 e. The van der Waals surface area contributed by atoms with Gasteiger partial charge in [-0.25, -0.2) is 0 Å². The van der Waals surface area contributed by atoms with Gasteiger partial charge in [0.15, 0.2) is 0 Å². The molecule has 0 aromatic heterocycles. The van der Waals surface area contributed by atoms with Gasteiger partial charge in [0.2, 0.25) is 5.91 Å². The molecule has 1 amide bonds. The number of nitrogens with two attached hydrogens (primary N) is 1. The fraction of sp³-hybridized carbons (Fsp3) is 0.417. The van der Waals surface area contributed by atoms with Crippen LogP contribution in [0.1, 0.15) is 12.5 Å². The van der Waals surface area contributed by atoms with Gasteiger partial charge >= 0.3 is 0 Å². The number of nitrogens with zero attached hydrogens (tertiary/aromatic N) is 1. The molecule has 1 aromatic carbocycles. The normalized spacial score (nSPS) is 12.3. The molecular formula is C12H18N2O. The first-order valence-corrected chi connectivity index (χ1v) is 5.10. The van der Waals surface area contributed by atoms with E-state index in [1.165, 1.54) is 0 Å². The molecule has 0 bridgehead atoms. The SMILES string of the molecule is Cc1cccc(N(C)C(=O)C(C)CN)c1. The third kappa shape index (κ3) is 2.80. The van der Waals surface area contributed by atoms with E-state index in [4.69, 9.17) is 5.73 Å². The van der Waals surface area contributed by atoms with Crippen LogP contribution in [0.25, 0.3) is 0 Å². The van der Waals surface area contributed by atoms with E-state index in [9.17, 15) is 4.79 Å². The monoisotopic (exact) mass is 206 g/mol. The molecule has 1 atom stereocenters. The van der Waals surface area contributed by atoms with Crippen LogP contribution in [0.5, 0.6) is 0 Å². The summed E-state index contributed by atoms with van der Waals surface area (Å²) in [6.45, 7) is 4.23. The molecule has 2 N–H and O–H groups in total. The highest BCUT2D eigenvalue weighted by molar-refractivity contribution is 5.94. The molecule has 0 saturated carbocycles. The molecule has 0 heterocycles. The van der Waals surface area contributed by atoms with Crippen molar-refractivity contribution >= 4 is 11.6 Å². The lowest BCUT2D eigenvalue weighted by Gasteiger charge is -2.21. The number of amides is 1. The lowest BCUT2D eigenvalue weighted by atomic mass is 10.1. The minimum absolute atomic E-state index is 0.0584. The number of aryl methyl sites for hydroxylation is 1. The van der Waals surface area contributed by atoms with Crippen molar-refractivity contribution in [3.8, 4) is 0 Å². The van der Waals surface area contributed by atoms with E-state index in [1.54, 1.807) is 11.9 Å². The number of carbonyl (C=O) groups is 1. The van der Waals surface area contributed by atoms with Gasteiger partial charge < -0.3 is 10.6 Å². The third-order valence-corrected chi connectivity index (χ3v) is 2.49. The average Bonchev–Trinajstić information content (AvgIpc) is 2.26. The summed E-state index contributed by atoms with van der Waals surface area (Å²) < 4.78 is 0. The summed E-state index contributed by atoms with van der Waals surface area (Å²) in [5.74, 6) is -0.0707. The molecule has 0 spiro atoms. The molecule has 1 aromatic rings. The van der Waals surface area contributed by atoms with E-state index in [2.05, 4.69) is 0 Å². The second kappa shape index (κ2) is 4.94. The number of rotatable bonds is 3. The molecule has 3 heteroatoms. The molecule has 15 heavy (non-hydrogen) atoms. The van der Waals surface area contributed by atoms with Gasteiger partial charge in [-0.2, -0.15) is 0 Å². The van der Waals surface area contributed by atoms with E-state index in [0.29, 0.717) is 6.54 Å². The van der Waals surface area contributed by atoms with E-state index < -0.39 is 0 Å². The second-order valence-corrected chi connectivity index (χ2v) is 3.87. The quantitative estimate of drug-likeness (QED) is 0.815. The van der Waals surface area contributed by atoms with Crippen LogP contribution in [0, 0.1) is 12.8 Å². The Balaban J connectivity index is 2.85. The lowest BCUT2D eigenvalue weighted by Crippen LogP contribution is -2.35. The Hall–Kier alpha value is -1.35. The average molecular weight is 206 g/mol. The molecule has 0 saturated heterocycles. The summed E-state index contributed by atoms with van der Waals surface area (Å²) in [5.41, 5.74) is 7.53. The summed E-state index contributed by atoms with van der Waals surface area (Å²) in [6, 6.07) is 7.87. The predicted molar refractivity (Wildman–Crippen MR) is 62.8 cm³/mol. The Labute approximate surface area is 90.9 Å². The second-order valence-electron chi connectivity index (χ2n) is 3.87. The number of anilines is 1. The molecule has 0 fully saturated rings. The van der Waals surface area contributed by atoms with E-state index in [0.717, 1.165) is 11.3 Å². The van der Waals surface area contributed by atoms with Gasteiger partial charge in [-0.05, 0) is 24.6 Å². The summed E-state index contributed by atoms with van der Waals surface area (Å²) in [4.78, 5) is 13.5. The van der Waals surface area contributed by atoms with Crippen LogP contribution in [0.4, 0.5) is 5.69 Å². The number of hydrogen-bond donors (Lipinski definition) is 1. The molecule has 0 aliphatic carbocycles. The Morgan fingerprint density at radius 3 is 2.73 bits per heavy atom. The largest absolute Gasteiger partial charge is 0.330 e. The van der Waals surface area contributed by atoms with Crippen LogP contribution in [0.2, 0.25) is 0 Å². The fourth-order valence-electron chi connectivity index (χ4n) is 1.40. The van der Waals surface area contributed by atoms with Gasteiger partial charge in [-0.3, -0.25) is 4.79 Å². The Morgan fingerprint density at radius 2 is 2.20 bits per heavy atom. The van der Waals surface area contributed by atoms with E-state index >= 15 is 0 Å². The molecule has 0 radical (unpaired) electrons. The minimum Gasteiger partial charge on any atom is -0.330 e. The summed E-state index contributed by atoms with van der Waals surface area (Å²) in [6.07, 6.45) is 0. The van der Waals surface area contributed by atoms with Crippen LogP contribution < -0.4 is 10.6 Å². The highest BCUT2D eigenvalue weighted by Crippen LogP contribution is 2.16. The van der Waals surface area contributed by atoms with Crippen molar-refractivity contribution in [2.75, 3.05) is 18.5 Å². The first-order valence-electron chi connectivity index (χ1n) is 5.10. The van der Waals surface area contributed by atoms with Crippen molar-refractivity contribution in [1.29, 1.82) is 0 Å². The Kier molecular flexibility index (Phi) is 3.86. The fourth-order valence-corrected chi connectivity index (χ4v) is 1.40. The molecule has 1 unspecified atom stereocenters.